The monoisotopic (exact) mass is 637 g/mol. The fourth-order valence-corrected chi connectivity index (χ4v) is 6.60. The van der Waals surface area contributed by atoms with Gasteiger partial charge in [0.05, 0.1) is 35.3 Å². The lowest BCUT2D eigenvalue weighted by Crippen LogP contribution is -2.47. The van der Waals surface area contributed by atoms with Crippen LogP contribution in [0.15, 0.2) is 83.8 Å². The number of sulfonamides is 1. The quantitative estimate of drug-likeness (QED) is 0.323. The number of carbonyl (C=O) groups is 1. The fraction of sp³-hybridized carbons (Fsp3) is 0.457. The van der Waals surface area contributed by atoms with E-state index in [1.54, 1.807) is 42.2 Å². The van der Waals surface area contributed by atoms with Crippen LogP contribution in [-0.4, -0.2) is 80.8 Å². The normalized spacial score (nSPS) is 21.0. The summed E-state index contributed by atoms with van der Waals surface area (Å²) < 4.78 is 41.5. The summed E-state index contributed by atoms with van der Waals surface area (Å²) in [5.74, 6) is -0.0302. The molecule has 45 heavy (non-hydrogen) atoms. The number of carbonyl (C=O) groups excluding carboxylic acids is 1. The highest BCUT2D eigenvalue weighted by atomic mass is 32.2. The summed E-state index contributed by atoms with van der Waals surface area (Å²) in [5, 5.41) is 10.2. The number of rotatable bonds is 9. The lowest BCUT2D eigenvalue weighted by atomic mass is 10.0. The van der Waals surface area contributed by atoms with Crippen LogP contribution in [0.2, 0.25) is 0 Å². The fourth-order valence-electron chi connectivity index (χ4n) is 5.53. The van der Waals surface area contributed by atoms with Gasteiger partial charge in [-0.05, 0) is 76.1 Å². The Kier molecular flexibility index (Phi) is 12.4. The molecule has 1 aliphatic heterocycles. The predicted molar refractivity (Wildman–Crippen MR) is 177 cm³/mol. The third kappa shape index (κ3) is 9.77. The Morgan fingerprint density at radius 2 is 1.71 bits per heavy atom. The maximum absolute atomic E-state index is 14.3. The van der Waals surface area contributed by atoms with Crippen molar-refractivity contribution < 1.29 is 27.8 Å². The number of nitrogens with one attached hydrogen (secondary N) is 1. The number of ether oxygens (including phenoxy) is 2. The molecule has 0 aliphatic carbocycles. The van der Waals surface area contributed by atoms with Gasteiger partial charge >= 0.3 is 0 Å². The van der Waals surface area contributed by atoms with Gasteiger partial charge in [0.2, 0.25) is 0 Å². The molecule has 3 aromatic rings. The molecule has 4 atom stereocenters. The highest BCUT2D eigenvalue weighted by Crippen LogP contribution is 2.29. The Balaban J connectivity index is 1.64. The second kappa shape index (κ2) is 16.2. The van der Waals surface area contributed by atoms with E-state index >= 15 is 0 Å². The largest absolute Gasteiger partial charge is 0.490 e. The maximum atomic E-state index is 14.3. The van der Waals surface area contributed by atoms with Crippen LogP contribution < -0.4 is 9.46 Å². The van der Waals surface area contributed by atoms with Gasteiger partial charge in [0, 0.05) is 37.8 Å². The molecule has 3 aromatic carbocycles. The van der Waals surface area contributed by atoms with Crippen molar-refractivity contribution in [1.82, 2.24) is 9.80 Å². The van der Waals surface area contributed by atoms with Crippen LogP contribution in [-0.2, 0) is 21.3 Å². The van der Waals surface area contributed by atoms with Crippen molar-refractivity contribution in [3.63, 3.8) is 0 Å². The van der Waals surface area contributed by atoms with E-state index in [1.165, 1.54) is 23.8 Å². The van der Waals surface area contributed by atoms with Crippen LogP contribution in [0.5, 0.6) is 5.75 Å². The molecule has 2 N–H and O–H groups in total. The molecule has 0 unspecified atom stereocenters. The summed E-state index contributed by atoms with van der Waals surface area (Å²) in [5.41, 5.74) is 1.69. The average molecular weight is 638 g/mol. The molecule has 0 saturated heterocycles. The van der Waals surface area contributed by atoms with Crippen LogP contribution in [0, 0.1) is 5.92 Å². The van der Waals surface area contributed by atoms with E-state index in [2.05, 4.69) is 35.7 Å². The lowest BCUT2D eigenvalue weighted by molar-refractivity contribution is -0.0177. The summed E-state index contributed by atoms with van der Waals surface area (Å²) in [7, 11) is -1.81. The zero-order valence-electron chi connectivity index (χ0n) is 26.8. The minimum Gasteiger partial charge on any atom is -0.490 e. The molecule has 0 saturated carbocycles. The first kappa shape index (κ1) is 34.4. The molecule has 1 aliphatic rings. The van der Waals surface area contributed by atoms with Gasteiger partial charge in [-0.3, -0.25) is 14.4 Å². The van der Waals surface area contributed by atoms with Crippen molar-refractivity contribution in [2.24, 2.45) is 5.92 Å². The van der Waals surface area contributed by atoms with Gasteiger partial charge in [-0.2, -0.15) is 0 Å². The van der Waals surface area contributed by atoms with Crippen LogP contribution in [0.25, 0.3) is 0 Å². The Morgan fingerprint density at radius 1 is 1.02 bits per heavy atom. The molecule has 10 heteroatoms. The molecule has 0 radical (unpaired) electrons. The number of aliphatic hydroxyl groups is 1. The third-order valence-corrected chi connectivity index (χ3v) is 9.54. The molecular formula is C35H47N3O6S. The molecule has 4 rings (SSSR count). The highest BCUT2D eigenvalue weighted by Gasteiger charge is 2.30. The molecule has 244 valence electrons. The van der Waals surface area contributed by atoms with E-state index in [9.17, 15) is 18.3 Å². The zero-order valence-corrected chi connectivity index (χ0v) is 27.6. The summed E-state index contributed by atoms with van der Waals surface area (Å²) >= 11 is 0. The van der Waals surface area contributed by atoms with Gasteiger partial charge in [-0.25, -0.2) is 8.42 Å². The van der Waals surface area contributed by atoms with E-state index in [0.717, 1.165) is 25.8 Å². The molecule has 9 nitrogen and oxygen atoms in total. The van der Waals surface area contributed by atoms with Gasteiger partial charge in [0.1, 0.15) is 5.75 Å². The number of hydrogen-bond acceptors (Lipinski definition) is 7. The summed E-state index contributed by atoms with van der Waals surface area (Å²) in [6.45, 7) is 7.98. The van der Waals surface area contributed by atoms with Crippen molar-refractivity contribution in [2.45, 2.75) is 69.7 Å². The molecule has 0 bridgehead atoms. The third-order valence-electron chi connectivity index (χ3n) is 8.14. The van der Waals surface area contributed by atoms with E-state index in [1.807, 2.05) is 25.1 Å². The average Bonchev–Trinajstić information content (AvgIpc) is 3.03. The number of hydrogen-bond donors (Lipinski definition) is 2. The van der Waals surface area contributed by atoms with Gasteiger partial charge in [0.25, 0.3) is 15.9 Å². The van der Waals surface area contributed by atoms with Crippen LogP contribution in [0.1, 0.15) is 56.0 Å². The summed E-state index contributed by atoms with van der Waals surface area (Å²) in [4.78, 5) is 18.3. The summed E-state index contributed by atoms with van der Waals surface area (Å²) in [6.07, 6.45) is 2.21. The first-order valence-corrected chi connectivity index (χ1v) is 17.2. The van der Waals surface area contributed by atoms with Crippen LogP contribution in [0.3, 0.4) is 0 Å². The van der Waals surface area contributed by atoms with Crippen molar-refractivity contribution in [3.05, 3.63) is 90.0 Å². The second-order valence-corrected chi connectivity index (χ2v) is 13.8. The minimum absolute atomic E-state index is 0.0628. The zero-order chi connectivity index (χ0) is 32.4. The van der Waals surface area contributed by atoms with E-state index in [0.29, 0.717) is 25.4 Å². The van der Waals surface area contributed by atoms with Crippen LogP contribution in [0.4, 0.5) is 5.69 Å². The predicted octanol–water partition coefficient (Wildman–Crippen LogP) is 5.41. The highest BCUT2D eigenvalue weighted by molar-refractivity contribution is 7.92. The van der Waals surface area contributed by atoms with Gasteiger partial charge < -0.3 is 19.5 Å². The van der Waals surface area contributed by atoms with Crippen LogP contribution >= 0.6 is 0 Å². The maximum Gasteiger partial charge on any atom is 0.261 e. The number of amides is 1. The molecule has 0 fully saturated rings. The van der Waals surface area contributed by atoms with Crippen molar-refractivity contribution in [1.29, 1.82) is 0 Å². The molecule has 1 heterocycles. The van der Waals surface area contributed by atoms with Crippen molar-refractivity contribution in [2.75, 3.05) is 38.1 Å². The first-order chi connectivity index (χ1) is 21.6. The Bertz CT molecular complexity index is 1470. The van der Waals surface area contributed by atoms with Crippen molar-refractivity contribution in [3.8, 4) is 5.75 Å². The van der Waals surface area contributed by atoms with Crippen molar-refractivity contribution >= 4 is 21.6 Å². The number of aliphatic hydroxyl groups excluding tert-OH is 1. The SMILES string of the molecule is C[C@@H]1CCCCO[C@H](CN(C)Cc2ccccc2)[C@@H](C)CN([C@@H](C)CO)C(=O)c2cc(NS(=O)(=O)c3ccccc3)ccc2O1. The smallest absolute Gasteiger partial charge is 0.261 e. The van der Waals surface area contributed by atoms with Gasteiger partial charge in [-0.15, -0.1) is 0 Å². The van der Waals surface area contributed by atoms with E-state index in [4.69, 9.17) is 9.47 Å². The Labute approximate surface area is 268 Å². The van der Waals surface area contributed by atoms with E-state index in [-0.39, 0.29) is 46.8 Å². The number of anilines is 1. The number of fused-ring (bicyclic) bond motifs is 1. The first-order valence-electron chi connectivity index (χ1n) is 15.7. The Morgan fingerprint density at radius 3 is 2.40 bits per heavy atom. The Hall–Kier alpha value is -3.44. The topological polar surface area (TPSA) is 108 Å². The molecule has 0 spiro atoms. The molecule has 0 aromatic heterocycles. The lowest BCUT2D eigenvalue weighted by Gasteiger charge is -2.36. The van der Waals surface area contributed by atoms with Gasteiger partial charge in [-0.1, -0.05) is 55.5 Å². The number of likely N-dealkylation sites (N-methyl/N-ethyl adjacent to an activating group) is 1. The number of nitrogens with zero attached hydrogens (tertiary/aromatic N) is 2. The second-order valence-electron chi connectivity index (χ2n) is 12.1. The van der Waals surface area contributed by atoms with Gasteiger partial charge in [0.15, 0.2) is 0 Å². The minimum atomic E-state index is -3.88. The number of benzene rings is 3. The summed E-state index contributed by atoms with van der Waals surface area (Å²) in [6, 6.07) is 22.6. The molecular weight excluding hydrogens is 590 g/mol. The standard InChI is InChI=1S/C35H47N3O6S/c1-26-22-38(27(2)25-39)35(40)32-21-30(36-45(41,42)31-16-9-6-10-17-31)18-19-33(32)44-28(3)13-11-12-20-43-34(26)24-37(4)23-29-14-7-5-8-15-29/h5-10,14-19,21,26-28,34,36,39H,11-13,20,22-25H2,1-4H3/t26-,27-,28+,34+/m0/s1. The van der Waals surface area contributed by atoms with E-state index < -0.39 is 16.1 Å². The molecule has 1 amide bonds.